The number of aromatic nitrogens is 1. The number of carbonyl (C=O) groups is 1. The monoisotopic (exact) mass is 265 g/mol. The van der Waals surface area contributed by atoms with Crippen LogP contribution in [0.25, 0.3) is 0 Å². The zero-order valence-corrected chi connectivity index (χ0v) is 11.9. The Kier molecular flexibility index (Phi) is 4.58. The van der Waals surface area contributed by atoms with Gasteiger partial charge in [-0.2, -0.15) is 0 Å². The lowest BCUT2D eigenvalue weighted by Gasteiger charge is -2.14. The molecule has 0 saturated carbocycles. The van der Waals surface area contributed by atoms with Gasteiger partial charge in [0.2, 0.25) is 5.89 Å². The summed E-state index contributed by atoms with van der Waals surface area (Å²) >= 11 is 0. The lowest BCUT2D eigenvalue weighted by molar-refractivity contribution is 0.0931. The number of hydrogen-bond acceptors (Lipinski definition) is 4. The van der Waals surface area contributed by atoms with Crippen molar-refractivity contribution in [3.8, 4) is 0 Å². The Bertz CT molecular complexity index is 422. The van der Waals surface area contributed by atoms with Gasteiger partial charge in [-0.15, -0.1) is 0 Å². The highest BCUT2D eigenvalue weighted by Crippen LogP contribution is 2.22. The lowest BCUT2D eigenvalue weighted by Crippen LogP contribution is -2.33. The molecule has 1 aliphatic rings. The summed E-state index contributed by atoms with van der Waals surface area (Å²) in [6, 6.07) is 0.312. The molecule has 2 N–H and O–H groups in total. The van der Waals surface area contributed by atoms with Gasteiger partial charge in [0, 0.05) is 6.04 Å². The molecule has 0 aliphatic carbocycles. The molecule has 2 rings (SSSR count). The molecule has 0 bridgehead atoms. The summed E-state index contributed by atoms with van der Waals surface area (Å²) in [5.74, 6) is 1.03. The molecule has 1 aromatic rings. The first kappa shape index (κ1) is 14.1. The summed E-state index contributed by atoms with van der Waals surface area (Å²) in [6.45, 7) is 7.28. The standard InChI is InChI=1S/C14H23N3O2/c1-9(2)7-10(3)16-13(18)12-8-19-14(17-12)11-5-4-6-15-11/h8-11,15H,4-7H2,1-3H3,(H,16,18). The van der Waals surface area contributed by atoms with E-state index in [9.17, 15) is 4.79 Å². The molecule has 2 heterocycles. The Labute approximate surface area is 114 Å². The third kappa shape index (κ3) is 3.80. The van der Waals surface area contributed by atoms with E-state index < -0.39 is 0 Å². The summed E-state index contributed by atoms with van der Waals surface area (Å²) in [5, 5.41) is 6.25. The van der Waals surface area contributed by atoms with Crippen LogP contribution in [0.15, 0.2) is 10.7 Å². The van der Waals surface area contributed by atoms with Gasteiger partial charge in [-0.1, -0.05) is 13.8 Å². The Balaban J connectivity index is 1.92. The molecule has 106 valence electrons. The molecule has 1 amide bonds. The first-order valence-electron chi connectivity index (χ1n) is 7.06. The number of oxazole rings is 1. The van der Waals surface area contributed by atoms with Gasteiger partial charge in [-0.05, 0) is 38.6 Å². The van der Waals surface area contributed by atoms with E-state index in [0.717, 1.165) is 25.8 Å². The van der Waals surface area contributed by atoms with Crippen LogP contribution in [-0.4, -0.2) is 23.5 Å². The first-order chi connectivity index (χ1) is 9.06. The minimum atomic E-state index is -0.152. The fourth-order valence-electron chi connectivity index (χ4n) is 2.51. The van der Waals surface area contributed by atoms with Crippen molar-refractivity contribution in [2.75, 3.05) is 6.54 Å². The number of hydrogen-bond donors (Lipinski definition) is 2. The van der Waals surface area contributed by atoms with Crippen LogP contribution in [0.5, 0.6) is 0 Å². The molecule has 1 aromatic heterocycles. The minimum Gasteiger partial charge on any atom is -0.446 e. The molecule has 0 radical (unpaired) electrons. The fourth-order valence-corrected chi connectivity index (χ4v) is 2.51. The van der Waals surface area contributed by atoms with Gasteiger partial charge in [-0.3, -0.25) is 4.79 Å². The highest BCUT2D eigenvalue weighted by atomic mass is 16.3. The van der Waals surface area contributed by atoms with Crippen LogP contribution in [0.1, 0.15) is 62.5 Å². The second-order valence-electron chi connectivity index (χ2n) is 5.72. The van der Waals surface area contributed by atoms with Crippen molar-refractivity contribution in [3.05, 3.63) is 17.8 Å². The van der Waals surface area contributed by atoms with Crippen molar-refractivity contribution in [3.63, 3.8) is 0 Å². The molecular weight excluding hydrogens is 242 g/mol. The highest BCUT2D eigenvalue weighted by Gasteiger charge is 2.23. The van der Waals surface area contributed by atoms with Gasteiger partial charge in [0.1, 0.15) is 6.26 Å². The molecule has 1 saturated heterocycles. The fraction of sp³-hybridized carbons (Fsp3) is 0.714. The van der Waals surface area contributed by atoms with Gasteiger partial charge in [0.05, 0.1) is 6.04 Å². The summed E-state index contributed by atoms with van der Waals surface area (Å²) in [6.07, 6.45) is 4.55. The van der Waals surface area contributed by atoms with Crippen molar-refractivity contribution in [1.82, 2.24) is 15.6 Å². The van der Waals surface area contributed by atoms with Crippen molar-refractivity contribution in [1.29, 1.82) is 0 Å². The van der Waals surface area contributed by atoms with Crippen LogP contribution < -0.4 is 10.6 Å². The number of amides is 1. The summed E-state index contributed by atoms with van der Waals surface area (Å²) in [5.41, 5.74) is 0.374. The molecule has 2 atom stereocenters. The Morgan fingerprint density at radius 3 is 3.00 bits per heavy atom. The molecule has 19 heavy (non-hydrogen) atoms. The van der Waals surface area contributed by atoms with E-state index in [-0.39, 0.29) is 18.0 Å². The average molecular weight is 265 g/mol. The SMILES string of the molecule is CC(C)CC(C)NC(=O)c1coc(C2CCCN2)n1. The minimum absolute atomic E-state index is 0.150. The van der Waals surface area contributed by atoms with E-state index in [1.54, 1.807) is 0 Å². The van der Waals surface area contributed by atoms with Crippen LogP contribution in [0.2, 0.25) is 0 Å². The molecule has 1 fully saturated rings. The van der Waals surface area contributed by atoms with E-state index in [0.29, 0.717) is 17.5 Å². The number of carbonyl (C=O) groups excluding carboxylic acids is 1. The first-order valence-corrected chi connectivity index (χ1v) is 7.06. The van der Waals surface area contributed by atoms with Gasteiger partial charge in [0.15, 0.2) is 5.69 Å². The highest BCUT2D eigenvalue weighted by molar-refractivity contribution is 5.92. The maximum atomic E-state index is 12.0. The average Bonchev–Trinajstić information content (AvgIpc) is 2.99. The van der Waals surface area contributed by atoms with Crippen LogP contribution in [0.3, 0.4) is 0 Å². The van der Waals surface area contributed by atoms with Gasteiger partial charge in [-0.25, -0.2) is 4.98 Å². The lowest BCUT2D eigenvalue weighted by atomic mass is 10.1. The predicted molar refractivity (Wildman–Crippen MR) is 72.9 cm³/mol. The molecule has 1 aliphatic heterocycles. The third-order valence-corrected chi connectivity index (χ3v) is 3.32. The van der Waals surface area contributed by atoms with Crippen molar-refractivity contribution in [2.45, 2.75) is 52.1 Å². The Morgan fingerprint density at radius 1 is 1.58 bits per heavy atom. The van der Waals surface area contributed by atoms with E-state index in [4.69, 9.17) is 4.42 Å². The second kappa shape index (κ2) is 6.19. The molecule has 0 aromatic carbocycles. The predicted octanol–water partition coefficient (Wildman–Crippen LogP) is 2.26. The molecule has 5 heteroatoms. The largest absolute Gasteiger partial charge is 0.446 e. The quantitative estimate of drug-likeness (QED) is 0.857. The number of nitrogens with zero attached hydrogens (tertiary/aromatic N) is 1. The van der Waals surface area contributed by atoms with Crippen molar-refractivity contribution in [2.24, 2.45) is 5.92 Å². The van der Waals surface area contributed by atoms with E-state index in [2.05, 4.69) is 29.5 Å². The van der Waals surface area contributed by atoms with Crippen LogP contribution >= 0.6 is 0 Å². The Morgan fingerprint density at radius 2 is 2.37 bits per heavy atom. The van der Waals surface area contributed by atoms with E-state index in [1.165, 1.54) is 6.26 Å². The summed E-state index contributed by atoms with van der Waals surface area (Å²) in [4.78, 5) is 16.3. The normalized spacial score (nSPS) is 20.7. The summed E-state index contributed by atoms with van der Waals surface area (Å²) < 4.78 is 5.40. The maximum absolute atomic E-state index is 12.0. The van der Waals surface area contributed by atoms with E-state index >= 15 is 0 Å². The van der Waals surface area contributed by atoms with Crippen LogP contribution in [-0.2, 0) is 0 Å². The van der Waals surface area contributed by atoms with Crippen LogP contribution in [0, 0.1) is 5.92 Å². The zero-order valence-electron chi connectivity index (χ0n) is 11.9. The molecule has 0 spiro atoms. The number of nitrogens with one attached hydrogen (secondary N) is 2. The number of rotatable bonds is 5. The maximum Gasteiger partial charge on any atom is 0.273 e. The molecular formula is C14H23N3O2. The topological polar surface area (TPSA) is 67.2 Å². The smallest absolute Gasteiger partial charge is 0.273 e. The van der Waals surface area contributed by atoms with Crippen molar-refractivity contribution >= 4 is 5.91 Å². The van der Waals surface area contributed by atoms with E-state index in [1.807, 2.05) is 6.92 Å². The van der Waals surface area contributed by atoms with Gasteiger partial charge < -0.3 is 15.1 Å². The second-order valence-corrected chi connectivity index (χ2v) is 5.72. The zero-order chi connectivity index (χ0) is 13.8. The van der Waals surface area contributed by atoms with Gasteiger partial charge in [0.25, 0.3) is 5.91 Å². The third-order valence-electron chi connectivity index (χ3n) is 3.32. The molecule has 2 unspecified atom stereocenters. The Hall–Kier alpha value is -1.36. The van der Waals surface area contributed by atoms with Crippen LogP contribution in [0.4, 0.5) is 0 Å². The summed E-state index contributed by atoms with van der Waals surface area (Å²) in [7, 11) is 0. The van der Waals surface area contributed by atoms with Gasteiger partial charge >= 0.3 is 0 Å². The van der Waals surface area contributed by atoms with Crippen molar-refractivity contribution < 1.29 is 9.21 Å². The molecule has 5 nitrogen and oxygen atoms in total.